The molecule has 0 unspecified atom stereocenters. The number of hydrogen-bond donors (Lipinski definition) is 4. The number of carbonyl (C=O) groups excluding carboxylic acids is 2. The molecule has 0 aliphatic rings. The largest absolute Gasteiger partial charge is 0.465 e. The topological polar surface area (TPSA) is 151 Å². The smallest absolute Gasteiger partial charge is 0.340 e. The Bertz CT molecular complexity index is 954. The molecule has 1 amide bonds. The lowest BCUT2D eigenvalue weighted by Crippen LogP contribution is -2.25. The average molecular weight is 392 g/mol. The van der Waals surface area contributed by atoms with Gasteiger partial charge in [0.25, 0.3) is 5.91 Å². The third kappa shape index (κ3) is 4.51. The number of esters is 1. The number of amides is 1. The highest BCUT2D eigenvalue weighted by molar-refractivity contribution is 6.07. The molecule has 1 heterocycles. The maximum Gasteiger partial charge on any atom is 0.340 e. The molecule has 7 N–H and O–H groups in total. The average Bonchev–Trinajstić information content (AvgIpc) is 3.22. The van der Waals surface area contributed by atoms with Gasteiger partial charge < -0.3 is 27.3 Å². The summed E-state index contributed by atoms with van der Waals surface area (Å²) in [5, 5.41) is 2.24. The first-order chi connectivity index (χ1) is 13.3. The van der Waals surface area contributed by atoms with Crippen LogP contribution in [0.5, 0.6) is 0 Å². The number of ether oxygens (including phenoxy) is 1. The van der Waals surface area contributed by atoms with Gasteiger partial charge in [0.05, 0.1) is 18.4 Å². The van der Waals surface area contributed by atoms with Gasteiger partial charge in [-0.15, -0.1) is 0 Å². The highest BCUT2D eigenvalue weighted by Crippen LogP contribution is 2.21. The maximum atomic E-state index is 13.6. The van der Waals surface area contributed by atoms with Crippen LogP contribution < -0.4 is 22.5 Å². The fourth-order valence-electron chi connectivity index (χ4n) is 2.18. The van der Waals surface area contributed by atoms with Crippen LogP contribution >= 0.6 is 0 Å². The Morgan fingerprint density at radius 3 is 2.54 bits per heavy atom. The summed E-state index contributed by atoms with van der Waals surface area (Å²) in [6, 6.07) is 1.25. The Kier molecular flexibility index (Phi) is 6.45. The van der Waals surface area contributed by atoms with Gasteiger partial charge in [0.1, 0.15) is 17.8 Å². The van der Waals surface area contributed by atoms with E-state index in [-0.39, 0.29) is 34.9 Å². The Balaban J connectivity index is 2.37. The quantitative estimate of drug-likeness (QED) is 0.318. The summed E-state index contributed by atoms with van der Waals surface area (Å²) in [5.41, 5.74) is 16.5. The molecule has 0 bridgehead atoms. The minimum atomic E-state index is -1.28. The number of hydrogen-bond acceptors (Lipinski definition) is 7. The Hall–Kier alpha value is -3.73. The van der Waals surface area contributed by atoms with E-state index in [1.54, 1.807) is 6.20 Å². The zero-order valence-corrected chi connectivity index (χ0v) is 14.8. The van der Waals surface area contributed by atoms with Crippen molar-refractivity contribution in [2.75, 3.05) is 19.0 Å². The van der Waals surface area contributed by atoms with E-state index in [1.165, 1.54) is 23.2 Å². The van der Waals surface area contributed by atoms with Gasteiger partial charge >= 0.3 is 5.97 Å². The highest BCUT2D eigenvalue weighted by Gasteiger charge is 2.20. The molecule has 0 atom stereocenters. The zero-order chi connectivity index (χ0) is 20.8. The molecular formula is C17H18F2N6O3. The third-order valence-electron chi connectivity index (χ3n) is 3.65. The fraction of sp³-hybridized carbons (Fsp3) is 0.118. The van der Waals surface area contributed by atoms with Gasteiger partial charge in [-0.2, -0.15) is 0 Å². The molecule has 1 aromatic heterocycles. The van der Waals surface area contributed by atoms with Crippen molar-refractivity contribution in [1.29, 1.82) is 0 Å². The van der Waals surface area contributed by atoms with Crippen LogP contribution in [0.2, 0.25) is 0 Å². The van der Waals surface area contributed by atoms with Gasteiger partial charge in [-0.1, -0.05) is 0 Å². The molecule has 148 valence electrons. The number of imidazole rings is 1. The molecule has 0 spiro atoms. The molecule has 11 heteroatoms. The van der Waals surface area contributed by atoms with E-state index in [0.717, 1.165) is 7.11 Å². The van der Waals surface area contributed by atoms with Crippen LogP contribution in [0.1, 0.15) is 10.4 Å². The normalized spacial score (nSPS) is 12.4. The van der Waals surface area contributed by atoms with E-state index in [4.69, 9.17) is 17.2 Å². The molecule has 9 nitrogen and oxygen atoms in total. The van der Waals surface area contributed by atoms with Gasteiger partial charge in [0.15, 0.2) is 11.6 Å². The summed E-state index contributed by atoms with van der Waals surface area (Å²) in [4.78, 5) is 28.0. The van der Waals surface area contributed by atoms with Crippen molar-refractivity contribution >= 4 is 23.4 Å². The van der Waals surface area contributed by atoms with Crippen molar-refractivity contribution < 1.29 is 23.1 Å². The summed E-state index contributed by atoms with van der Waals surface area (Å²) in [7, 11) is 1.06. The van der Waals surface area contributed by atoms with Crippen LogP contribution in [0.25, 0.3) is 5.82 Å². The maximum absolute atomic E-state index is 13.6. The second kappa shape index (κ2) is 8.77. The Morgan fingerprint density at radius 1 is 1.29 bits per heavy atom. The highest BCUT2D eigenvalue weighted by atomic mass is 19.2. The molecule has 0 aliphatic heterocycles. The third-order valence-corrected chi connectivity index (χ3v) is 3.65. The standard InChI is InChI=1S/C17H18F2N6O3/c1-28-17(27)10-5-11(18)12(19)6-13(10)24-16(26)15(22)9(7-20)4-14(21)25-3-2-23-8-25/h2-6,8H,7,20-22H2,1H3,(H,24,26)/b14-4+,15-9+. The Morgan fingerprint density at radius 2 is 1.96 bits per heavy atom. The van der Waals surface area contributed by atoms with E-state index >= 15 is 0 Å². The van der Waals surface area contributed by atoms with Gasteiger partial charge in [-0.05, 0) is 17.7 Å². The first-order valence-electron chi connectivity index (χ1n) is 7.81. The van der Waals surface area contributed by atoms with Gasteiger partial charge in [0, 0.05) is 25.0 Å². The van der Waals surface area contributed by atoms with Crippen LogP contribution in [0.4, 0.5) is 14.5 Å². The van der Waals surface area contributed by atoms with Crippen molar-refractivity contribution in [3.05, 3.63) is 65.4 Å². The molecule has 0 radical (unpaired) electrons. The minimum Gasteiger partial charge on any atom is -0.465 e. The van der Waals surface area contributed by atoms with E-state index in [2.05, 4.69) is 15.0 Å². The first kappa shape index (κ1) is 20.6. The summed E-state index contributed by atoms with van der Waals surface area (Å²) in [6.07, 6.45) is 5.86. The SMILES string of the molecule is COC(=O)c1cc(F)c(F)cc1NC(=O)/C(N)=C(/C=C(\N)n1ccnc1)CN. The van der Waals surface area contributed by atoms with Crippen molar-refractivity contribution in [2.45, 2.75) is 0 Å². The number of aromatic nitrogens is 2. The van der Waals surface area contributed by atoms with E-state index in [9.17, 15) is 18.4 Å². The molecular weight excluding hydrogens is 374 g/mol. The molecule has 2 aromatic rings. The molecule has 28 heavy (non-hydrogen) atoms. The number of nitrogens with zero attached hydrogens (tertiary/aromatic N) is 2. The molecule has 0 saturated heterocycles. The van der Waals surface area contributed by atoms with E-state index < -0.39 is 23.5 Å². The number of carbonyl (C=O) groups is 2. The summed E-state index contributed by atoms with van der Waals surface area (Å²) < 4.78 is 33.0. The van der Waals surface area contributed by atoms with E-state index in [1.807, 2.05) is 0 Å². The van der Waals surface area contributed by atoms with Gasteiger partial charge in [-0.3, -0.25) is 9.36 Å². The second-order valence-corrected chi connectivity index (χ2v) is 5.44. The van der Waals surface area contributed by atoms with Crippen molar-refractivity contribution in [1.82, 2.24) is 9.55 Å². The molecule has 0 aliphatic carbocycles. The van der Waals surface area contributed by atoms with Crippen LogP contribution in [-0.4, -0.2) is 35.1 Å². The zero-order valence-electron chi connectivity index (χ0n) is 14.8. The lowest BCUT2D eigenvalue weighted by atomic mass is 10.1. The predicted molar refractivity (Wildman–Crippen MR) is 97.3 cm³/mol. The van der Waals surface area contributed by atoms with Crippen LogP contribution in [0.15, 0.2) is 48.2 Å². The predicted octanol–water partition coefficient (Wildman–Crippen LogP) is 0.515. The lowest BCUT2D eigenvalue weighted by Gasteiger charge is -2.12. The van der Waals surface area contributed by atoms with Crippen molar-refractivity contribution in [3.8, 4) is 0 Å². The minimum absolute atomic E-state index is 0.143. The monoisotopic (exact) mass is 392 g/mol. The van der Waals surface area contributed by atoms with Gasteiger partial charge in [-0.25, -0.2) is 18.6 Å². The molecule has 0 saturated carbocycles. The van der Waals surface area contributed by atoms with E-state index in [0.29, 0.717) is 12.1 Å². The van der Waals surface area contributed by atoms with Crippen LogP contribution in [0.3, 0.4) is 0 Å². The van der Waals surface area contributed by atoms with Crippen LogP contribution in [-0.2, 0) is 9.53 Å². The second-order valence-electron chi connectivity index (χ2n) is 5.44. The number of nitrogens with two attached hydrogens (primary N) is 3. The number of rotatable bonds is 6. The molecule has 0 fully saturated rings. The lowest BCUT2D eigenvalue weighted by molar-refractivity contribution is -0.112. The number of nitrogens with one attached hydrogen (secondary N) is 1. The molecule has 2 rings (SSSR count). The summed E-state index contributed by atoms with van der Waals surface area (Å²) in [6.45, 7) is -0.143. The summed E-state index contributed by atoms with van der Waals surface area (Å²) >= 11 is 0. The fourth-order valence-corrected chi connectivity index (χ4v) is 2.18. The van der Waals surface area contributed by atoms with Gasteiger partial charge in [0.2, 0.25) is 0 Å². The van der Waals surface area contributed by atoms with Crippen molar-refractivity contribution in [3.63, 3.8) is 0 Å². The first-order valence-corrected chi connectivity index (χ1v) is 7.81. The number of benzene rings is 1. The summed E-state index contributed by atoms with van der Waals surface area (Å²) in [5.74, 6) is -4.22. The van der Waals surface area contributed by atoms with Crippen LogP contribution in [0, 0.1) is 11.6 Å². The van der Waals surface area contributed by atoms with Crippen molar-refractivity contribution in [2.24, 2.45) is 17.2 Å². The Labute approximate surface area is 158 Å². The number of methoxy groups -OCH3 is 1. The number of halogens is 2. The molecule has 1 aromatic carbocycles. The number of anilines is 1.